The van der Waals surface area contributed by atoms with Crippen molar-refractivity contribution in [2.45, 2.75) is 26.8 Å². The van der Waals surface area contributed by atoms with Crippen molar-refractivity contribution in [1.82, 2.24) is 14.9 Å². The summed E-state index contributed by atoms with van der Waals surface area (Å²) in [5.41, 5.74) is 1.60. The number of rotatable bonds is 7. The number of fused-ring (bicyclic) bond motifs is 1. The highest BCUT2D eigenvalue weighted by Gasteiger charge is 2.19. The molecule has 3 rings (SSSR count). The van der Waals surface area contributed by atoms with E-state index in [-0.39, 0.29) is 11.5 Å². The van der Waals surface area contributed by atoms with Crippen molar-refractivity contribution in [2.75, 3.05) is 20.8 Å². The van der Waals surface area contributed by atoms with Crippen LogP contribution in [-0.2, 0) is 13.0 Å². The minimum absolute atomic E-state index is 0.106. The van der Waals surface area contributed by atoms with E-state index in [0.29, 0.717) is 51.7 Å². The fourth-order valence-electron chi connectivity index (χ4n) is 3.04. The molecule has 8 heteroatoms. The van der Waals surface area contributed by atoms with Crippen LogP contribution in [0.3, 0.4) is 0 Å². The fraction of sp³-hybridized carbons (Fsp3) is 0.350. The first kappa shape index (κ1) is 19.9. The molecule has 148 valence electrons. The van der Waals surface area contributed by atoms with E-state index < -0.39 is 0 Å². The van der Waals surface area contributed by atoms with Gasteiger partial charge in [-0.2, -0.15) is 0 Å². The van der Waals surface area contributed by atoms with Gasteiger partial charge in [-0.05, 0) is 43.5 Å². The summed E-state index contributed by atoms with van der Waals surface area (Å²) in [6.45, 7) is 4.70. The summed E-state index contributed by atoms with van der Waals surface area (Å²) in [5, 5.41) is 3.45. The molecule has 0 bridgehead atoms. The molecule has 28 heavy (non-hydrogen) atoms. The number of amides is 1. The molecular weight excluding hydrogens is 378 g/mol. The van der Waals surface area contributed by atoms with E-state index in [0.717, 1.165) is 5.56 Å². The van der Waals surface area contributed by atoms with Gasteiger partial charge < -0.3 is 14.8 Å². The van der Waals surface area contributed by atoms with Crippen molar-refractivity contribution in [3.05, 3.63) is 50.9 Å². The number of hydrogen-bond acceptors (Lipinski definition) is 6. The zero-order valence-electron chi connectivity index (χ0n) is 16.4. The summed E-state index contributed by atoms with van der Waals surface area (Å²) >= 11 is 1.25. The molecule has 0 saturated heterocycles. The standard InChI is InChI=1S/C20H23N3O4S/c1-5-23-11-22-19-16(20(23)25)12(2)17(28-19)18(24)21-9-8-13-6-7-14(26-3)15(10-13)27-4/h6-7,10-11H,5,8-9H2,1-4H3,(H,21,24). The van der Waals surface area contributed by atoms with Gasteiger partial charge >= 0.3 is 0 Å². The van der Waals surface area contributed by atoms with Crippen molar-refractivity contribution in [3.63, 3.8) is 0 Å². The molecule has 1 aromatic carbocycles. The first-order valence-corrected chi connectivity index (χ1v) is 9.79. The van der Waals surface area contributed by atoms with Gasteiger partial charge in [0, 0.05) is 13.1 Å². The number of carbonyl (C=O) groups excluding carboxylic acids is 1. The molecule has 0 aliphatic rings. The Morgan fingerprint density at radius 1 is 1.25 bits per heavy atom. The van der Waals surface area contributed by atoms with E-state index in [2.05, 4.69) is 10.3 Å². The van der Waals surface area contributed by atoms with E-state index in [1.807, 2.05) is 25.1 Å². The number of aryl methyl sites for hydroxylation is 2. The topological polar surface area (TPSA) is 82.5 Å². The average molecular weight is 401 g/mol. The number of carbonyl (C=O) groups is 1. The number of nitrogens with zero attached hydrogens (tertiary/aromatic N) is 2. The van der Waals surface area contributed by atoms with Crippen LogP contribution >= 0.6 is 11.3 Å². The zero-order valence-corrected chi connectivity index (χ0v) is 17.2. The maximum Gasteiger partial charge on any atom is 0.262 e. The Bertz CT molecular complexity index is 1070. The molecule has 3 aromatic rings. The second-order valence-corrected chi connectivity index (χ2v) is 7.27. The molecule has 7 nitrogen and oxygen atoms in total. The maximum absolute atomic E-state index is 12.6. The number of thiophene rings is 1. The number of aromatic nitrogens is 2. The highest BCUT2D eigenvalue weighted by Crippen LogP contribution is 2.28. The molecule has 0 aliphatic heterocycles. The molecular formula is C20H23N3O4S. The quantitative estimate of drug-likeness (QED) is 0.658. The lowest BCUT2D eigenvalue weighted by Crippen LogP contribution is -2.25. The van der Waals surface area contributed by atoms with Crippen LogP contribution in [0.5, 0.6) is 11.5 Å². The van der Waals surface area contributed by atoms with E-state index in [1.165, 1.54) is 17.7 Å². The third-order valence-corrected chi connectivity index (χ3v) is 5.81. The smallest absolute Gasteiger partial charge is 0.262 e. The van der Waals surface area contributed by atoms with Crippen molar-refractivity contribution in [2.24, 2.45) is 0 Å². The Morgan fingerprint density at radius 3 is 2.68 bits per heavy atom. The lowest BCUT2D eigenvalue weighted by atomic mass is 10.1. The minimum Gasteiger partial charge on any atom is -0.493 e. The first-order valence-electron chi connectivity index (χ1n) is 8.97. The molecule has 0 spiro atoms. The largest absolute Gasteiger partial charge is 0.493 e. The Kier molecular flexibility index (Phi) is 5.99. The third-order valence-electron chi connectivity index (χ3n) is 4.61. The van der Waals surface area contributed by atoms with Gasteiger partial charge in [-0.15, -0.1) is 11.3 Å². The molecule has 0 fully saturated rings. The lowest BCUT2D eigenvalue weighted by Gasteiger charge is -2.10. The Morgan fingerprint density at radius 2 is 2.00 bits per heavy atom. The van der Waals surface area contributed by atoms with Crippen LogP contribution in [0.2, 0.25) is 0 Å². The van der Waals surface area contributed by atoms with Gasteiger partial charge in [-0.3, -0.25) is 14.2 Å². The van der Waals surface area contributed by atoms with E-state index >= 15 is 0 Å². The van der Waals surface area contributed by atoms with Crippen molar-refractivity contribution in [1.29, 1.82) is 0 Å². The van der Waals surface area contributed by atoms with Gasteiger partial charge in [0.25, 0.3) is 11.5 Å². The minimum atomic E-state index is -0.191. The van der Waals surface area contributed by atoms with Crippen LogP contribution < -0.4 is 20.3 Å². The second kappa shape index (κ2) is 8.43. The SMILES string of the molecule is CCn1cnc2sc(C(=O)NCCc3ccc(OC)c(OC)c3)c(C)c2c1=O. The summed E-state index contributed by atoms with van der Waals surface area (Å²) in [6, 6.07) is 5.68. The summed E-state index contributed by atoms with van der Waals surface area (Å²) < 4.78 is 12.1. The molecule has 0 unspecified atom stereocenters. The van der Waals surface area contributed by atoms with Crippen LogP contribution in [-0.4, -0.2) is 36.2 Å². The van der Waals surface area contributed by atoms with Crippen LogP contribution in [0.1, 0.15) is 27.7 Å². The zero-order chi connectivity index (χ0) is 20.3. The molecule has 2 aromatic heterocycles. The highest BCUT2D eigenvalue weighted by atomic mass is 32.1. The molecule has 1 N–H and O–H groups in total. The molecule has 0 aliphatic carbocycles. The van der Waals surface area contributed by atoms with E-state index in [9.17, 15) is 9.59 Å². The third kappa shape index (κ3) is 3.73. The molecule has 1 amide bonds. The summed E-state index contributed by atoms with van der Waals surface area (Å²) in [4.78, 5) is 30.6. The number of ether oxygens (including phenoxy) is 2. The number of nitrogens with one attached hydrogen (secondary N) is 1. The van der Waals surface area contributed by atoms with Crippen LogP contribution in [0, 0.1) is 6.92 Å². The predicted octanol–water partition coefficient (Wildman–Crippen LogP) is 2.78. The normalized spacial score (nSPS) is 10.9. The maximum atomic E-state index is 12.6. The predicted molar refractivity (Wildman–Crippen MR) is 110 cm³/mol. The fourth-order valence-corrected chi connectivity index (χ4v) is 4.09. The van der Waals surface area contributed by atoms with Crippen LogP contribution in [0.25, 0.3) is 10.2 Å². The molecule has 0 radical (unpaired) electrons. The highest BCUT2D eigenvalue weighted by molar-refractivity contribution is 7.20. The Labute approximate surface area is 166 Å². The Balaban J connectivity index is 1.73. The van der Waals surface area contributed by atoms with Gasteiger partial charge in [-0.25, -0.2) is 4.98 Å². The Hall–Kier alpha value is -2.87. The van der Waals surface area contributed by atoms with E-state index in [1.54, 1.807) is 25.7 Å². The van der Waals surface area contributed by atoms with Gasteiger partial charge in [0.1, 0.15) is 4.83 Å². The van der Waals surface area contributed by atoms with E-state index in [4.69, 9.17) is 9.47 Å². The first-order chi connectivity index (χ1) is 13.5. The molecule has 2 heterocycles. The number of methoxy groups -OCH3 is 2. The van der Waals surface area contributed by atoms with Gasteiger partial charge in [0.15, 0.2) is 11.5 Å². The second-order valence-electron chi connectivity index (χ2n) is 6.27. The number of benzene rings is 1. The van der Waals surface area contributed by atoms with Crippen LogP contribution in [0.15, 0.2) is 29.3 Å². The number of hydrogen-bond donors (Lipinski definition) is 1. The van der Waals surface area contributed by atoms with Crippen molar-refractivity contribution >= 4 is 27.5 Å². The summed E-state index contributed by atoms with van der Waals surface area (Å²) in [5.74, 6) is 1.13. The molecule has 0 saturated carbocycles. The van der Waals surface area contributed by atoms with Gasteiger partial charge in [-0.1, -0.05) is 6.07 Å². The average Bonchev–Trinajstić information content (AvgIpc) is 3.05. The monoisotopic (exact) mass is 401 g/mol. The summed E-state index contributed by atoms with van der Waals surface area (Å²) in [6.07, 6.45) is 2.18. The van der Waals surface area contributed by atoms with Gasteiger partial charge in [0.2, 0.25) is 0 Å². The molecule has 0 atom stereocenters. The summed E-state index contributed by atoms with van der Waals surface area (Å²) in [7, 11) is 3.18. The van der Waals surface area contributed by atoms with Crippen LogP contribution in [0.4, 0.5) is 0 Å². The van der Waals surface area contributed by atoms with Crippen molar-refractivity contribution < 1.29 is 14.3 Å². The lowest BCUT2D eigenvalue weighted by molar-refractivity contribution is 0.0957. The van der Waals surface area contributed by atoms with Crippen molar-refractivity contribution in [3.8, 4) is 11.5 Å². The van der Waals surface area contributed by atoms with Gasteiger partial charge in [0.05, 0.1) is 30.8 Å².